The van der Waals surface area contributed by atoms with Crippen molar-refractivity contribution in [3.05, 3.63) is 23.8 Å². The molecule has 0 spiro atoms. The molecule has 0 atom stereocenters. The lowest BCUT2D eigenvalue weighted by Gasteiger charge is -2.20. The maximum atomic E-state index is 12.6. The van der Waals surface area contributed by atoms with Crippen molar-refractivity contribution in [1.82, 2.24) is 15.5 Å². The predicted octanol–water partition coefficient (Wildman–Crippen LogP) is 3.80. The molecule has 1 aliphatic rings. The van der Waals surface area contributed by atoms with Gasteiger partial charge in [0.15, 0.2) is 17.5 Å². The predicted molar refractivity (Wildman–Crippen MR) is 132 cm³/mol. The summed E-state index contributed by atoms with van der Waals surface area (Å²) < 4.78 is 34.8. The average Bonchev–Trinajstić information content (AvgIpc) is 2.95. The van der Waals surface area contributed by atoms with Gasteiger partial charge in [0, 0.05) is 39.1 Å². The molecule has 1 aromatic carbocycles. The first kappa shape index (κ1) is 28.2. The molecule has 1 amide bonds. The monoisotopic (exact) mass is 568 g/mol. The summed E-state index contributed by atoms with van der Waals surface area (Å²) >= 11 is 0. The molecular weight excluding hydrogens is 533 g/mol. The summed E-state index contributed by atoms with van der Waals surface area (Å²) in [6, 6.07) is 5.01. The van der Waals surface area contributed by atoms with E-state index in [1.165, 1.54) is 7.11 Å². The zero-order chi connectivity index (χ0) is 22.5. The van der Waals surface area contributed by atoms with E-state index in [-0.39, 0.29) is 41.4 Å². The Kier molecular flexibility index (Phi) is 14.0. The van der Waals surface area contributed by atoms with Gasteiger partial charge in [0.1, 0.15) is 0 Å². The lowest BCUT2D eigenvalue weighted by molar-refractivity contribution is -0.130. The molecule has 32 heavy (non-hydrogen) atoms. The van der Waals surface area contributed by atoms with Crippen LogP contribution < -0.4 is 20.1 Å². The maximum Gasteiger partial charge on any atom is 0.387 e. The minimum absolute atomic E-state index is 0. The van der Waals surface area contributed by atoms with Crippen LogP contribution in [0.4, 0.5) is 8.78 Å². The largest absolute Gasteiger partial charge is 0.493 e. The Labute approximate surface area is 206 Å². The molecule has 1 aliphatic heterocycles. The topological polar surface area (TPSA) is 75.2 Å². The van der Waals surface area contributed by atoms with Crippen molar-refractivity contribution < 1.29 is 23.0 Å². The van der Waals surface area contributed by atoms with Crippen LogP contribution in [-0.4, -0.2) is 63.2 Å². The van der Waals surface area contributed by atoms with Gasteiger partial charge in [0.25, 0.3) is 0 Å². The Hall–Kier alpha value is -1.85. The van der Waals surface area contributed by atoms with Crippen LogP contribution in [0.15, 0.2) is 23.2 Å². The molecule has 1 saturated heterocycles. The van der Waals surface area contributed by atoms with Crippen LogP contribution in [-0.2, 0) is 11.2 Å². The third-order valence-electron chi connectivity index (χ3n) is 5.02. The van der Waals surface area contributed by atoms with Gasteiger partial charge in [0.2, 0.25) is 5.91 Å². The summed E-state index contributed by atoms with van der Waals surface area (Å²) in [5, 5.41) is 6.45. The molecule has 2 rings (SSSR count). The Morgan fingerprint density at radius 2 is 2.03 bits per heavy atom. The fraction of sp³-hybridized carbons (Fsp3) is 0.636. The van der Waals surface area contributed by atoms with Crippen molar-refractivity contribution in [1.29, 1.82) is 0 Å². The molecule has 1 aromatic rings. The van der Waals surface area contributed by atoms with Gasteiger partial charge in [-0.25, -0.2) is 0 Å². The number of alkyl halides is 2. The van der Waals surface area contributed by atoms with Crippen LogP contribution in [0.3, 0.4) is 0 Å². The Morgan fingerprint density at radius 1 is 1.22 bits per heavy atom. The number of hydrogen-bond acceptors (Lipinski definition) is 4. The van der Waals surface area contributed by atoms with Gasteiger partial charge in [0.05, 0.1) is 7.11 Å². The van der Waals surface area contributed by atoms with E-state index in [2.05, 4.69) is 20.4 Å². The fourth-order valence-electron chi connectivity index (χ4n) is 3.46. The van der Waals surface area contributed by atoms with Crippen LogP contribution in [0, 0.1) is 0 Å². The maximum absolute atomic E-state index is 12.6. The van der Waals surface area contributed by atoms with Crippen molar-refractivity contribution in [2.45, 2.75) is 52.1 Å². The first-order valence-electron chi connectivity index (χ1n) is 10.9. The van der Waals surface area contributed by atoms with Crippen molar-refractivity contribution in [2.24, 2.45) is 4.99 Å². The Balaban J connectivity index is 0.00000512. The van der Waals surface area contributed by atoms with Gasteiger partial charge in [-0.1, -0.05) is 12.5 Å². The van der Waals surface area contributed by atoms with Gasteiger partial charge in [-0.3, -0.25) is 9.79 Å². The van der Waals surface area contributed by atoms with Crippen molar-refractivity contribution >= 4 is 35.8 Å². The minimum atomic E-state index is -2.90. The average molecular weight is 568 g/mol. The van der Waals surface area contributed by atoms with Gasteiger partial charge < -0.3 is 25.0 Å². The number of nitrogens with one attached hydrogen (secondary N) is 2. The summed E-state index contributed by atoms with van der Waals surface area (Å²) in [4.78, 5) is 18.6. The Morgan fingerprint density at radius 3 is 2.75 bits per heavy atom. The highest BCUT2D eigenvalue weighted by atomic mass is 127. The third-order valence-corrected chi connectivity index (χ3v) is 5.02. The van der Waals surface area contributed by atoms with Crippen molar-refractivity contribution in [3.63, 3.8) is 0 Å². The van der Waals surface area contributed by atoms with E-state index in [9.17, 15) is 13.6 Å². The number of halogens is 3. The quantitative estimate of drug-likeness (QED) is 0.184. The highest BCUT2D eigenvalue weighted by Crippen LogP contribution is 2.29. The minimum Gasteiger partial charge on any atom is -0.493 e. The van der Waals surface area contributed by atoms with E-state index in [0.717, 1.165) is 50.9 Å². The molecule has 0 saturated carbocycles. The summed E-state index contributed by atoms with van der Waals surface area (Å²) in [6.07, 6.45) is 5.27. The van der Waals surface area contributed by atoms with Crippen LogP contribution in [0.2, 0.25) is 0 Å². The van der Waals surface area contributed by atoms with Gasteiger partial charge >= 0.3 is 6.61 Å². The summed E-state index contributed by atoms with van der Waals surface area (Å²) in [5.41, 5.74) is 0.847. The number of hydrogen-bond donors (Lipinski definition) is 2. The summed E-state index contributed by atoms with van der Waals surface area (Å²) in [5.74, 6) is 1.25. The van der Waals surface area contributed by atoms with E-state index in [0.29, 0.717) is 31.9 Å². The highest BCUT2D eigenvalue weighted by Gasteiger charge is 2.15. The van der Waals surface area contributed by atoms with Gasteiger partial charge in [-0.2, -0.15) is 8.78 Å². The molecule has 182 valence electrons. The second-order valence-corrected chi connectivity index (χ2v) is 7.35. The number of carbonyl (C=O) groups excluding carboxylic acids is 1. The normalized spacial score (nSPS) is 14.6. The van der Waals surface area contributed by atoms with E-state index in [1.54, 1.807) is 12.1 Å². The zero-order valence-electron chi connectivity index (χ0n) is 18.9. The number of amides is 1. The van der Waals surface area contributed by atoms with Crippen molar-refractivity contribution in [2.75, 3.05) is 39.8 Å². The zero-order valence-corrected chi connectivity index (χ0v) is 21.2. The fourth-order valence-corrected chi connectivity index (χ4v) is 3.46. The number of ether oxygens (including phenoxy) is 2. The van der Waals surface area contributed by atoms with E-state index >= 15 is 0 Å². The lowest BCUT2D eigenvalue weighted by Crippen LogP contribution is -2.38. The molecule has 1 fully saturated rings. The van der Waals surface area contributed by atoms with Crippen molar-refractivity contribution in [3.8, 4) is 11.5 Å². The van der Waals surface area contributed by atoms with E-state index in [4.69, 9.17) is 4.74 Å². The number of benzene rings is 1. The summed E-state index contributed by atoms with van der Waals surface area (Å²) in [7, 11) is 1.41. The lowest BCUT2D eigenvalue weighted by atomic mass is 10.1. The van der Waals surface area contributed by atoms with E-state index in [1.807, 2.05) is 17.9 Å². The third kappa shape index (κ3) is 10.2. The van der Waals surface area contributed by atoms with Crippen LogP contribution in [0.25, 0.3) is 0 Å². The number of aliphatic imine (C=N–C) groups is 1. The molecule has 0 bridgehead atoms. The van der Waals surface area contributed by atoms with Gasteiger partial charge in [-0.05, 0) is 50.3 Å². The SMILES string of the molecule is CCNC(=NCCCN1CCCCCC1=O)NCCc1ccc(OC)c(OC(F)F)c1.I. The molecule has 0 unspecified atom stereocenters. The van der Waals surface area contributed by atoms with Gasteiger partial charge in [-0.15, -0.1) is 24.0 Å². The first-order chi connectivity index (χ1) is 15.0. The second-order valence-electron chi connectivity index (χ2n) is 7.35. The molecule has 0 aromatic heterocycles. The number of likely N-dealkylation sites (tertiary alicyclic amines) is 1. The first-order valence-corrected chi connectivity index (χ1v) is 10.9. The smallest absolute Gasteiger partial charge is 0.387 e. The molecule has 0 radical (unpaired) electrons. The van der Waals surface area contributed by atoms with E-state index < -0.39 is 6.61 Å². The van der Waals surface area contributed by atoms with Crippen LogP contribution in [0.5, 0.6) is 11.5 Å². The molecule has 0 aliphatic carbocycles. The number of carbonyl (C=O) groups is 1. The molecular formula is C22H35F2IN4O3. The highest BCUT2D eigenvalue weighted by molar-refractivity contribution is 14.0. The van der Waals surface area contributed by atoms with Crippen LogP contribution >= 0.6 is 24.0 Å². The number of guanidine groups is 1. The standard InChI is InChI=1S/C22H34F2N4O3.HI/c1-3-25-22(26-12-7-15-28-14-6-4-5-8-20(28)29)27-13-11-17-9-10-18(30-2)19(16-17)31-21(23)24;/h9-10,16,21H,3-8,11-15H2,1-2H3,(H2,25,26,27);1H. The molecule has 10 heteroatoms. The van der Waals surface area contributed by atoms with Crippen LogP contribution in [0.1, 0.15) is 44.6 Å². The Bertz CT molecular complexity index is 722. The number of rotatable bonds is 11. The molecule has 7 nitrogen and oxygen atoms in total. The molecule has 1 heterocycles. The second kappa shape index (κ2) is 15.9. The summed E-state index contributed by atoms with van der Waals surface area (Å²) in [6.45, 7) is 2.60. The number of methoxy groups -OCH3 is 1. The number of nitrogens with zero attached hydrogens (tertiary/aromatic N) is 2. The molecule has 2 N–H and O–H groups in total.